The molecule has 9 heteroatoms. The number of thioether (sulfide) groups is 1. The van der Waals surface area contributed by atoms with Crippen LogP contribution in [0.3, 0.4) is 0 Å². The first-order valence-electron chi connectivity index (χ1n) is 14.5. The Morgan fingerprint density at radius 2 is 1.67 bits per heavy atom. The lowest BCUT2D eigenvalue weighted by atomic mass is 10.0. The van der Waals surface area contributed by atoms with E-state index in [1.807, 2.05) is 54.6 Å². The van der Waals surface area contributed by atoms with E-state index in [-0.39, 0.29) is 11.5 Å². The summed E-state index contributed by atoms with van der Waals surface area (Å²) in [5, 5.41) is 15.9. The van der Waals surface area contributed by atoms with Crippen LogP contribution in [0.15, 0.2) is 114 Å². The summed E-state index contributed by atoms with van der Waals surface area (Å²) in [6.45, 7) is 2.39. The number of nitriles is 1. The van der Waals surface area contributed by atoms with Gasteiger partial charge < -0.3 is 10.6 Å². The van der Waals surface area contributed by atoms with Crippen molar-refractivity contribution >= 4 is 45.6 Å². The third-order valence-electron chi connectivity index (χ3n) is 7.54. The summed E-state index contributed by atoms with van der Waals surface area (Å²) in [6.07, 6.45) is 0.750. The van der Waals surface area contributed by atoms with Gasteiger partial charge in [-0.1, -0.05) is 78.9 Å². The zero-order chi connectivity index (χ0) is 31.2. The number of nitrogens with one attached hydrogen (secondary N) is 2. The third kappa shape index (κ3) is 7.15. The number of fused-ring (bicyclic) bond motifs is 1. The van der Waals surface area contributed by atoms with E-state index in [1.54, 1.807) is 24.3 Å². The molecule has 6 nitrogen and oxygen atoms in total. The molecule has 0 aliphatic carbocycles. The number of anilines is 2. The highest BCUT2D eigenvalue weighted by Gasteiger charge is 2.28. The third-order valence-corrected chi connectivity index (χ3v) is 9.92. The van der Waals surface area contributed by atoms with E-state index in [0.717, 1.165) is 47.0 Å². The van der Waals surface area contributed by atoms with Gasteiger partial charge in [-0.15, -0.1) is 23.1 Å². The maximum Gasteiger partial charge on any atom is 0.258 e. The summed E-state index contributed by atoms with van der Waals surface area (Å²) in [7, 11) is 0. The molecule has 0 spiro atoms. The number of rotatable bonds is 9. The van der Waals surface area contributed by atoms with Crippen LogP contribution < -0.4 is 10.6 Å². The first-order valence-corrected chi connectivity index (χ1v) is 16.2. The van der Waals surface area contributed by atoms with Crippen LogP contribution in [0.5, 0.6) is 0 Å². The zero-order valence-corrected chi connectivity index (χ0v) is 25.8. The lowest BCUT2D eigenvalue weighted by Crippen LogP contribution is -2.29. The summed E-state index contributed by atoms with van der Waals surface area (Å²) in [4.78, 5) is 30.8. The number of amides is 2. The predicted molar refractivity (Wildman–Crippen MR) is 178 cm³/mol. The molecule has 0 bridgehead atoms. The molecule has 224 valence electrons. The molecule has 0 saturated heterocycles. The Hall–Kier alpha value is -4.75. The fourth-order valence-corrected chi connectivity index (χ4v) is 7.67. The van der Waals surface area contributed by atoms with Crippen molar-refractivity contribution in [2.45, 2.75) is 29.7 Å². The van der Waals surface area contributed by atoms with E-state index in [4.69, 9.17) is 0 Å². The summed E-state index contributed by atoms with van der Waals surface area (Å²) in [5.41, 5.74) is 4.03. The second kappa shape index (κ2) is 13.9. The first-order chi connectivity index (χ1) is 22.0. The minimum Gasteiger partial charge on any atom is -0.322 e. The Kier molecular flexibility index (Phi) is 9.36. The van der Waals surface area contributed by atoms with Crippen LogP contribution in [-0.4, -0.2) is 23.3 Å². The van der Waals surface area contributed by atoms with Crippen molar-refractivity contribution in [3.05, 3.63) is 148 Å². The second-order valence-corrected chi connectivity index (χ2v) is 12.9. The zero-order valence-electron chi connectivity index (χ0n) is 24.2. The van der Waals surface area contributed by atoms with Gasteiger partial charge in [0.15, 0.2) is 0 Å². The fraction of sp³-hybridized carbons (Fsp3) is 0.139. The highest BCUT2D eigenvalue weighted by atomic mass is 32.2. The van der Waals surface area contributed by atoms with Crippen molar-refractivity contribution < 1.29 is 14.0 Å². The van der Waals surface area contributed by atoms with Crippen molar-refractivity contribution in [3.63, 3.8) is 0 Å². The van der Waals surface area contributed by atoms with Gasteiger partial charge in [0.25, 0.3) is 5.91 Å². The summed E-state index contributed by atoms with van der Waals surface area (Å²) in [5.74, 6) is -1.40. The van der Waals surface area contributed by atoms with Gasteiger partial charge in [-0.2, -0.15) is 5.26 Å². The van der Waals surface area contributed by atoms with Crippen LogP contribution in [0.4, 0.5) is 15.1 Å². The number of benzene rings is 4. The number of carbonyl (C=O) groups excluding carboxylic acids is 2. The van der Waals surface area contributed by atoms with Crippen LogP contribution in [-0.2, 0) is 24.3 Å². The smallest absolute Gasteiger partial charge is 0.258 e. The molecule has 0 saturated carbocycles. The van der Waals surface area contributed by atoms with Crippen LogP contribution in [0, 0.1) is 17.1 Å². The fourth-order valence-electron chi connectivity index (χ4n) is 5.34. The van der Waals surface area contributed by atoms with E-state index in [9.17, 15) is 19.2 Å². The molecule has 6 rings (SSSR count). The van der Waals surface area contributed by atoms with Gasteiger partial charge in [-0.3, -0.25) is 14.5 Å². The molecule has 1 atom stereocenters. The number of hydrogen-bond donors (Lipinski definition) is 2. The summed E-state index contributed by atoms with van der Waals surface area (Å²) in [6, 6.07) is 35.0. The SMILES string of the molecule is N#Cc1c(NC(=O)C(Sc2cccc(NC(=O)c3ccccc3F)c2)c2ccccc2)sc2c1CCN(Cc1ccccc1)C2. The maximum absolute atomic E-state index is 14.2. The van der Waals surface area contributed by atoms with E-state index < -0.39 is 17.0 Å². The average molecular weight is 633 g/mol. The highest BCUT2D eigenvalue weighted by molar-refractivity contribution is 8.00. The molecule has 2 heterocycles. The number of halogens is 1. The number of hydrogen-bond acceptors (Lipinski definition) is 6. The molecule has 1 aromatic heterocycles. The van der Waals surface area contributed by atoms with E-state index in [1.165, 1.54) is 46.9 Å². The molecular weight excluding hydrogens is 604 g/mol. The molecular formula is C36H29FN4O2S2. The molecule has 0 fully saturated rings. The maximum atomic E-state index is 14.2. The van der Waals surface area contributed by atoms with Crippen LogP contribution in [0.2, 0.25) is 0 Å². The largest absolute Gasteiger partial charge is 0.322 e. The molecule has 1 aliphatic heterocycles. The topological polar surface area (TPSA) is 85.2 Å². The monoisotopic (exact) mass is 632 g/mol. The summed E-state index contributed by atoms with van der Waals surface area (Å²) >= 11 is 2.81. The van der Waals surface area contributed by atoms with Gasteiger partial charge in [0.1, 0.15) is 22.1 Å². The van der Waals surface area contributed by atoms with E-state index >= 15 is 0 Å². The van der Waals surface area contributed by atoms with Crippen LogP contribution >= 0.6 is 23.1 Å². The molecule has 2 N–H and O–H groups in total. The van der Waals surface area contributed by atoms with Crippen LogP contribution in [0.25, 0.3) is 0 Å². The van der Waals surface area contributed by atoms with E-state index in [2.05, 4.69) is 33.7 Å². The molecule has 4 aromatic carbocycles. The van der Waals surface area contributed by atoms with Gasteiger partial charge in [-0.05, 0) is 53.4 Å². The van der Waals surface area contributed by atoms with Crippen molar-refractivity contribution in [3.8, 4) is 6.07 Å². The number of thiophene rings is 1. The molecule has 2 amide bonds. The molecule has 1 unspecified atom stereocenters. The Labute approximate surface area is 269 Å². The van der Waals surface area contributed by atoms with Crippen molar-refractivity contribution in [2.24, 2.45) is 0 Å². The predicted octanol–water partition coefficient (Wildman–Crippen LogP) is 8.04. The molecule has 5 aromatic rings. The summed E-state index contributed by atoms with van der Waals surface area (Å²) < 4.78 is 14.2. The average Bonchev–Trinajstić information content (AvgIpc) is 3.40. The minimum atomic E-state index is -0.635. The Morgan fingerprint density at radius 1 is 0.933 bits per heavy atom. The standard InChI is InChI=1S/C36H29FN4O2S2/c37-31-17-8-7-16-29(31)34(42)39-26-14-9-15-27(20-26)44-33(25-12-5-2-6-13-25)35(43)40-36-30(21-38)28-18-19-41(23-32(28)45-36)22-24-10-3-1-4-11-24/h1-17,20,33H,18-19,22-23H2,(H,39,42)(H,40,43). The highest BCUT2D eigenvalue weighted by Crippen LogP contribution is 2.41. The lowest BCUT2D eigenvalue weighted by molar-refractivity contribution is -0.115. The van der Waals surface area contributed by atoms with Gasteiger partial charge in [0.05, 0.1) is 11.1 Å². The lowest BCUT2D eigenvalue weighted by Gasteiger charge is -2.26. The number of nitrogens with zero attached hydrogens (tertiary/aromatic N) is 2. The van der Waals surface area contributed by atoms with Gasteiger partial charge in [-0.25, -0.2) is 4.39 Å². The van der Waals surface area contributed by atoms with Crippen molar-refractivity contribution in [2.75, 3.05) is 17.2 Å². The molecule has 45 heavy (non-hydrogen) atoms. The first kappa shape index (κ1) is 30.3. The van der Waals surface area contributed by atoms with Gasteiger partial charge in [0.2, 0.25) is 5.91 Å². The quantitative estimate of drug-likeness (QED) is 0.161. The Bertz CT molecular complexity index is 1870. The Balaban J connectivity index is 1.21. The van der Waals surface area contributed by atoms with Crippen molar-refractivity contribution in [1.29, 1.82) is 5.26 Å². The van der Waals surface area contributed by atoms with Gasteiger partial charge >= 0.3 is 0 Å². The normalized spacial score (nSPS) is 13.3. The number of carbonyl (C=O) groups is 2. The van der Waals surface area contributed by atoms with Gasteiger partial charge in [0, 0.05) is 35.1 Å². The van der Waals surface area contributed by atoms with Crippen LogP contribution in [0.1, 0.15) is 42.7 Å². The molecule has 0 radical (unpaired) electrons. The minimum absolute atomic E-state index is 0.0489. The Morgan fingerprint density at radius 3 is 2.42 bits per heavy atom. The van der Waals surface area contributed by atoms with Crippen molar-refractivity contribution in [1.82, 2.24) is 4.90 Å². The van der Waals surface area contributed by atoms with E-state index in [0.29, 0.717) is 16.3 Å². The second-order valence-electron chi connectivity index (χ2n) is 10.6. The molecule has 1 aliphatic rings.